The Morgan fingerprint density at radius 1 is 1.36 bits per heavy atom. The minimum absolute atomic E-state index is 0.579. The van der Waals surface area contributed by atoms with Crippen molar-refractivity contribution in [1.29, 1.82) is 0 Å². The number of halogens is 2. The monoisotopic (exact) mass is 357 g/mol. The number of ether oxygens (including phenoxy) is 1. The first-order valence-corrected chi connectivity index (χ1v) is 8.50. The van der Waals surface area contributed by atoms with Crippen molar-refractivity contribution < 1.29 is 4.74 Å². The second kappa shape index (κ2) is 8.58. The molecule has 1 aromatic carbocycles. The van der Waals surface area contributed by atoms with E-state index < -0.39 is 0 Å². The molecule has 0 spiro atoms. The van der Waals surface area contributed by atoms with Crippen molar-refractivity contribution in [1.82, 2.24) is 14.8 Å². The molecule has 0 radical (unpaired) electrons. The molecule has 0 aliphatic heterocycles. The SMILES string of the molecule is C=C(Cl)CSc1nnc(-c2ccccc2Cl)n1CCCOC. The van der Waals surface area contributed by atoms with Crippen molar-refractivity contribution in [2.45, 2.75) is 18.1 Å². The van der Waals surface area contributed by atoms with Gasteiger partial charge in [-0.3, -0.25) is 0 Å². The van der Waals surface area contributed by atoms with E-state index in [0.29, 0.717) is 22.4 Å². The van der Waals surface area contributed by atoms with Crippen LogP contribution in [0.4, 0.5) is 0 Å². The highest BCUT2D eigenvalue weighted by Gasteiger charge is 2.16. The first kappa shape index (κ1) is 17.3. The Labute approximate surface area is 144 Å². The summed E-state index contributed by atoms with van der Waals surface area (Å²) in [5.74, 6) is 1.34. The van der Waals surface area contributed by atoms with Gasteiger partial charge in [0.25, 0.3) is 0 Å². The van der Waals surface area contributed by atoms with E-state index in [-0.39, 0.29) is 0 Å². The highest BCUT2D eigenvalue weighted by atomic mass is 35.5. The van der Waals surface area contributed by atoms with Crippen LogP contribution < -0.4 is 0 Å². The van der Waals surface area contributed by atoms with Crippen molar-refractivity contribution in [3.05, 3.63) is 40.9 Å². The lowest BCUT2D eigenvalue weighted by Gasteiger charge is -2.10. The lowest BCUT2D eigenvalue weighted by molar-refractivity contribution is 0.189. The van der Waals surface area contributed by atoms with Crippen LogP contribution in [0.1, 0.15) is 6.42 Å². The summed E-state index contributed by atoms with van der Waals surface area (Å²) >= 11 is 13.6. The van der Waals surface area contributed by atoms with Crippen LogP contribution in [-0.2, 0) is 11.3 Å². The molecule has 2 aromatic rings. The summed E-state index contributed by atoms with van der Waals surface area (Å²) in [5, 5.41) is 10.6. The summed E-state index contributed by atoms with van der Waals surface area (Å²) < 4.78 is 7.17. The van der Waals surface area contributed by atoms with Crippen molar-refractivity contribution in [2.24, 2.45) is 0 Å². The van der Waals surface area contributed by atoms with Gasteiger partial charge in [-0.05, 0) is 18.6 Å². The van der Waals surface area contributed by atoms with Gasteiger partial charge in [-0.25, -0.2) is 0 Å². The fourth-order valence-electron chi connectivity index (χ4n) is 1.95. The Hall–Kier alpha value is -1.01. The Bertz CT molecular complexity index is 645. The van der Waals surface area contributed by atoms with E-state index in [2.05, 4.69) is 16.8 Å². The molecule has 0 saturated carbocycles. The predicted octanol–water partition coefficient (Wildman–Crippen LogP) is 4.48. The zero-order valence-electron chi connectivity index (χ0n) is 12.3. The molecule has 2 rings (SSSR count). The van der Waals surface area contributed by atoms with Gasteiger partial charge in [0, 0.05) is 36.6 Å². The van der Waals surface area contributed by atoms with E-state index in [1.54, 1.807) is 7.11 Å². The van der Waals surface area contributed by atoms with Crippen LogP contribution in [0, 0.1) is 0 Å². The number of methoxy groups -OCH3 is 1. The Morgan fingerprint density at radius 2 is 2.14 bits per heavy atom. The van der Waals surface area contributed by atoms with E-state index in [1.807, 2.05) is 28.8 Å². The van der Waals surface area contributed by atoms with Crippen LogP contribution in [0.3, 0.4) is 0 Å². The van der Waals surface area contributed by atoms with Crippen molar-refractivity contribution in [3.8, 4) is 11.4 Å². The van der Waals surface area contributed by atoms with Crippen LogP contribution in [0.5, 0.6) is 0 Å². The molecular formula is C15H17Cl2N3OS. The molecular weight excluding hydrogens is 341 g/mol. The van der Waals surface area contributed by atoms with Crippen molar-refractivity contribution >= 4 is 35.0 Å². The minimum Gasteiger partial charge on any atom is -0.385 e. The van der Waals surface area contributed by atoms with E-state index in [4.69, 9.17) is 27.9 Å². The lowest BCUT2D eigenvalue weighted by atomic mass is 10.2. The summed E-state index contributed by atoms with van der Waals surface area (Å²) in [7, 11) is 1.69. The third-order valence-electron chi connectivity index (χ3n) is 2.92. The van der Waals surface area contributed by atoms with Gasteiger partial charge in [-0.1, -0.05) is 53.7 Å². The van der Waals surface area contributed by atoms with E-state index in [1.165, 1.54) is 11.8 Å². The zero-order valence-corrected chi connectivity index (χ0v) is 14.6. The van der Waals surface area contributed by atoms with Gasteiger partial charge in [0.1, 0.15) is 0 Å². The maximum atomic E-state index is 6.28. The molecule has 0 amide bonds. The van der Waals surface area contributed by atoms with Crippen LogP contribution in [-0.4, -0.2) is 34.2 Å². The third kappa shape index (κ3) is 4.49. The fourth-order valence-corrected chi connectivity index (χ4v) is 3.05. The number of hydrogen-bond acceptors (Lipinski definition) is 4. The molecule has 0 bridgehead atoms. The molecule has 0 unspecified atom stereocenters. The van der Waals surface area contributed by atoms with E-state index >= 15 is 0 Å². The maximum absolute atomic E-state index is 6.28. The fraction of sp³-hybridized carbons (Fsp3) is 0.333. The smallest absolute Gasteiger partial charge is 0.191 e. The van der Waals surface area contributed by atoms with Gasteiger partial charge in [0.15, 0.2) is 11.0 Å². The zero-order chi connectivity index (χ0) is 15.9. The van der Waals surface area contributed by atoms with Crippen LogP contribution in [0.15, 0.2) is 41.0 Å². The highest BCUT2D eigenvalue weighted by Crippen LogP contribution is 2.30. The summed E-state index contributed by atoms with van der Waals surface area (Å²) in [6, 6.07) is 7.61. The third-order valence-corrected chi connectivity index (χ3v) is 4.59. The number of aromatic nitrogens is 3. The van der Waals surface area contributed by atoms with Gasteiger partial charge >= 0.3 is 0 Å². The van der Waals surface area contributed by atoms with Crippen LogP contribution in [0.25, 0.3) is 11.4 Å². The molecule has 4 nitrogen and oxygen atoms in total. The highest BCUT2D eigenvalue weighted by molar-refractivity contribution is 7.99. The van der Waals surface area contributed by atoms with Gasteiger partial charge in [0.2, 0.25) is 0 Å². The van der Waals surface area contributed by atoms with Gasteiger partial charge in [-0.15, -0.1) is 10.2 Å². The topological polar surface area (TPSA) is 39.9 Å². The van der Waals surface area contributed by atoms with E-state index in [0.717, 1.165) is 29.5 Å². The molecule has 22 heavy (non-hydrogen) atoms. The quantitative estimate of drug-likeness (QED) is 0.515. The normalized spacial score (nSPS) is 10.9. The maximum Gasteiger partial charge on any atom is 0.191 e. The molecule has 0 fully saturated rings. The molecule has 1 heterocycles. The Morgan fingerprint density at radius 3 is 2.82 bits per heavy atom. The summed E-state index contributed by atoms with van der Waals surface area (Å²) in [4.78, 5) is 0. The molecule has 7 heteroatoms. The second-order valence-electron chi connectivity index (χ2n) is 4.59. The average Bonchev–Trinajstić information content (AvgIpc) is 2.89. The predicted molar refractivity (Wildman–Crippen MR) is 92.7 cm³/mol. The van der Waals surface area contributed by atoms with Crippen molar-refractivity contribution in [3.63, 3.8) is 0 Å². The molecule has 0 aliphatic rings. The van der Waals surface area contributed by atoms with Gasteiger partial charge in [0.05, 0.1) is 5.02 Å². The van der Waals surface area contributed by atoms with Gasteiger partial charge < -0.3 is 9.30 Å². The molecule has 0 N–H and O–H groups in total. The first-order valence-electron chi connectivity index (χ1n) is 6.76. The van der Waals surface area contributed by atoms with Crippen LogP contribution >= 0.6 is 35.0 Å². The average molecular weight is 358 g/mol. The number of rotatable bonds is 8. The molecule has 0 aliphatic carbocycles. The number of nitrogens with zero attached hydrogens (tertiary/aromatic N) is 3. The Balaban J connectivity index is 2.32. The van der Waals surface area contributed by atoms with Crippen LogP contribution in [0.2, 0.25) is 5.02 Å². The molecule has 0 saturated heterocycles. The van der Waals surface area contributed by atoms with Gasteiger partial charge in [-0.2, -0.15) is 0 Å². The largest absolute Gasteiger partial charge is 0.385 e. The van der Waals surface area contributed by atoms with E-state index in [9.17, 15) is 0 Å². The molecule has 0 atom stereocenters. The summed E-state index contributed by atoms with van der Waals surface area (Å²) in [5.41, 5.74) is 0.866. The molecule has 118 valence electrons. The number of thioether (sulfide) groups is 1. The second-order valence-corrected chi connectivity index (χ2v) is 6.47. The number of hydrogen-bond donors (Lipinski definition) is 0. The summed E-state index contributed by atoms with van der Waals surface area (Å²) in [6.45, 7) is 5.12. The standard InChI is InChI=1S/C15H17Cl2N3OS/c1-11(16)10-22-15-19-18-14(20(15)8-5-9-21-2)12-6-3-4-7-13(12)17/h3-4,6-7H,1,5,8-10H2,2H3. The first-order chi connectivity index (χ1) is 10.6. The minimum atomic E-state index is 0.579. The number of benzene rings is 1. The summed E-state index contributed by atoms with van der Waals surface area (Å²) in [6.07, 6.45) is 0.862. The Kier molecular flexibility index (Phi) is 6.76. The van der Waals surface area contributed by atoms with Crippen molar-refractivity contribution in [2.75, 3.05) is 19.5 Å². The lowest BCUT2D eigenvalue weighted by Crippen LogP contribution is -2.05. The molecule has 1 aromatic heterocycles.